The third-order valence-corrected chi connectivity index (χ3v) is 7.59. The molecule has 0 aliphatic carbocycles. The maximum Gasteiger partial charge on any atom is 0.329 e. The number of nitrogens with zero attached hydrogens (tertiary/aromatic N) is 3. The van der Waals surface area contributed by atoms with E-state index in [0.717, 1.165) is 56.4 Å². The van der Waals surface area contributed by atoms with Gasteiger partial charge in [0.25, 0.3) is 0 Å². The Morgan fingerprint density at radius 3 is 2.65 bits per heavy atom. The Labute approximate surface area is 199 Å². The molecule has 186 valence electrons. The van der Waals surface area contributed by atoms with Crippen LogP contribution in [-0.4, -0.2) is 71.7 Å². The van der Waals surface area contributed by atoms with E-state index < -0.39 is 11.7 Å². The van der Waals surface area contributed by atoms with Crippen LogP contribution in [0.4, 0.5) is 4.39 Å². The summed E-state index contributed by atoms with van der Waals surface area (Å²) >= 11 is 0. The second-order valence-electron chi connectivity index (χ2n) is 9.75. The van der Waals surface area contributed by atoms with Gasteiger partial charge in [0.05, 0.1) is 11.0 Å². The van der Waals surface area contributed by atoms with E-state index in [1.54, 1.807) is 11.6 Å². The lowest BCUT2D eigenvalue weighted by atomic mass is 9.87. The Kier molecular flexibility index (Phi) is 7.52. The van der Waals surface area contributed by atoms with Crippen LogP contribution in [0.1, 0.15) is 56.0 Å². The minimum atomic E-state index is -1.10. The Hall–Kier alpha value is -2.52. The van der Waals surface area contributed by atoms with Crippen LogP contribution < -0.4 is 16.3 Å². The van der Waals surface area contributed by atoms with E-state index in [1.807, 2.05) is 12.1 Å². The minimum Gasteiger partial charge on any atom is -0.357 e. The van der Waals surface area contributed by atoms with Crippen molar-refractivity contribution in [1.82, 2.24) is 24.7 Å². The summed E-state index contributed by atoms with van der Waals surface area (Å²) in [5.74, 6) is -0.0216. The number of likely N-dealkylation sites (N-methyl/N-ethyl adjacent to an activating group) is 1. The first-order valence-corrected chi connectivity index (χ1v) is 12.4. The Morgan fingerprint density at radius 1 is 1.29 bits per heavy atom. The van der Waals surface area contributed by atoms with Crippen LogP contribution in [0.3, 0.4) is 0 Å². The number of para-hydroxylation sites is 1. The molecular weight excluding hydrogens is 437 g/mol. The molecular formula is C25H36FN5O3. The summed E-state index contributed by atoms with van der Waals surface area (Å²) in [6, 6.07) is 5.13. The number of amides is 1. The van der Waals surface area contributed by atoms with Crippen molar-refractivity contribution in [2.24, 2.45) is 7.05 Å². The average Bonchev–Trinajstić information content (AvgIpc) is 3.10. The summed E-state index contributed by atoms with van der Waals surface area (Å²) in [6.45, 7) is 3.63. The van der Waals surface area contributed by atoms with Crippen LogP contribution in [-0.2, 0) is 16.6 Å². The molecule has 0 bridgehead atoms. The molecule has 0 radical (unpaired) electrons. The SMILES string of the molecule is CNC(=O)C(CCC=O)n1c(=O)n(C)c2c(C3CCN(CC4(F)CCNCC4)CC3)cccc21. The van der Waals surface area contributed by atoms with Gasteiger partial charge >= 0.3 is 5.69 Å². The van der Waals surface area contributed by atoms with Crippen molar-refractivity contribution in [3.05, 3.63) is 34.2 Å². The number of halogens is 1. The maximum atomic E-state index is 15.2. The second-order valence-corrected chi connectivity index (χ2v) is 9.75. The standard InChI is InChI=1S/C25H36FN5O3/c1-27-23(33)21(7-4-16-32)31-20-6-3-5-19(22(20)29(2)24(31)34)18-8-14-30(15-9-18)17-25(26)10-12-28-13-11-25/h3,5-6,16,18,21,28H,4,7-15,17H2,1-2H3,(H,27,33). The highest BCUT2D eigenvalue weighted by molar-refractivity contribution is 5.85. The van der Waals surface area contributed by atoms with Gasteiger partial charge in [-0.2, -0.15) is 0 Å². The van der Waals surface area contributed by atoms with Crippen LogP contribution in [0.15, 0.2) is 23.0 Å². The number of carbonyl (C=O) groups is 2. The lowest BCUT2D eigenvalue weighted by Crippen LogP contribution is -2.48. The first kappa shape index (κ1) is 24.6. The third kappa shape index (κ3) is 4.81. The molecule has 2 aliphatic rings. The quantitative estimate of drug-likeness (QED) is 0.572. The molecule has 3 heterocycles. The number of hydrogen-bond donors (Lipinski definition) is 2. The predicted octanol–water partition coefficient (Wildman–Crippen LogP) is 1.88. The molecule has 2 saturated heterocycles. The number of fused-ring (bicyclic) bond motifs is 1. The molecule has 9 heteroatoms. The van der Waals surface area contributed by atoms with E-state index in [1.165, 1.54) is 11.6 Å². The maximum absolute atomic E-state index is 15.2. The molecule has 0 spiro atoms. The molecule has 8 nitrogen and oxygen atoms in total. The second kappa shape index (κ2) is 10.4. The normalized spacial score (nSPS) is 20.3. The highest BCUT2D eigenvalue weighted by Gasteiger charge is 2.35. The zero-order chi connectivity index (χ0) is 24.3. The van der Waals surface area contributed by atoms with Gasteiger partial charge in [-0.15, -0.1) is 0 Å². The molecule has 4 rings (SSSR count). The summed E-state index contributed by atoms with van der Waals surface area (Å²) in [5.41, 5.74) is 1.29. The zero-order valence-corrected chi connectivity index (χ0v) is 20.2. The number of rotatable bonds is 8. The molecule has 2 N–H and O–H groups in total. The number of hydrogen-bond acceptors (Lipinski definition) is 5. The van der Waals surface area contributed by atoms with Crippen molar-refractivity contribution >= 4 is 23.2 Å². The highest BCUT2D eigenvalue weighted by Crippen LogP contribution is 2.35. The molecule has 0 saturated carbocycles. The summed E-state index contributed by atoms with van der Waals surface area (Å²) < 4.78 is 18.3. The molecule has 34 heavy (non-hydrogen) atoms. The monoisotopic (exact) mass is 473 g/mol. The van der Waals surface area contributed by atoms with E-state index in [-0.39, 0.29) is 30.4 Å². The Bertz CT molecular complexity index is 1080. The van der Waals surface area contributed by atoms with Crippen molar-refractivity contribution < 1.29 is 14.0 Å². The summed E-state index contributed by atoms with van der Waals surface area (Å²) in [6.07, 6.45) is 4.18. The zero-order valence-electron chi connectivity index (χ0n) is 20.2. The van der Waals surface area contributed by atoms with Gasteiger partial charge in [0.1, 0.15) is 18.0 Å². The minimum absolute atomic E-state index is 0.200. The molecule has 1 amide bonds. The van der Waals surface area contributed by atoms with Gasteiger partial charge in [0.15, 0.2) is 0 Å². The van der Waals surface area contributed by atoms with Crippen molar-refractivity contribution in [3.8, 4) is 0 Å². The van der Waals surface area contributed by atoms with Gasteiger partial charge in [-0.1, -0.05) is 12.1 Å². The Balaban J connectivity index is 1.59. The van der Waals surface area contributed by atoms with Crippen molar-refractivity contribution in [2.45, 2.75) is 56.2 Å². The van der Waals surface area contributed by atoms with Crippen LogP contribution in [0.5, 0.6) is 0 Å². The Morgan fingerprint density at radius 2 is 2.00 bits per heavy atom. The van der Waals surface area contributed by atoms with Gasteiger partial charge < -0.3 is 20.3 Å². The van der Waals surface area contributed by atoms with Gasteiger partial charge in [0, 0.05) is 27.1 Å². The number of alkyl halides is 1. The first-order chi connectivity index (χ1) is 16.4. The fourth-order valence-electron chi connectivity index (χ4n) is 5.71. The summed E-state index contributed by atoms with van der Waals surface area (Å²) in [5, 5.41) is 5.86. The van der Waals surface area contributed by atoms with Crippen LogP contribution in [0, 0.1) is 0 Å². The number of imidazole rings is 1. The van der Waals surface area contributed by atoms with Gasteiger partial charge in [-0.05, 0) is 75.8 Å². The molecule has 1 unspecified atom stereocenters. The molecule has 2 fully saturated rings. The third-order valence-electron chi connectivity index (χ3n) is 7.59. The molecule has 2 aliphatic heterocycles. The fourth-order valence-corrected chi connectivity index (χ4v) is 5.71. The van der Waals surface area contributed by atoms with Gasteiger partial charge in [0.2, 0.25) is 5.91 Å². The van der Waals surface area contributed by atoms with E-state index in [9.17, 15) is 14.4 Å². The predicted molar refractivity (Wildman–Crippen MR) is 130 cm³/mol. The van der Waals surface area contributed by atoms with Crippen LogP contribution >= 0.6 is 0 Å². The topological polar surface area (TPSA) is 88.4 Å². The lowest BCUT2D eigenvalue weighted by molar-refractivity contribution is -0.124. The number of nitrogens with one attached hydrogen (secondary N) is 2. The molecule has 1 atom stereocenters. The number of likely N-dealkylation sites (tertiary alicyclic amines) is 1. The number of carbonyl (C=O) groups excluding carboxylic acids is 2. The van der Waals surface area contributed by atoms with E-state index in [2.05, 4.69) is 21.6 Å². The largest absolute Gasteiger partial charge is 0.357 e. The molecule has 1 aromatic carbocycles. The van der Waals surface area contributed by atoms with Crippen molar-refractivity contribution in [3.63, 3.8) is 0 Å². The molecule has 2 aromatic rings. The van der Waals surface area contributed by atoms with Crippen LogP contribution in [0.2, 0.25) is 0 Å². The number of piperidine rings is 2. The first-order valence-electron chi connectivity index (χ1n) is 12.4. The number of aromatic nitrogens is 2. The molecule has 1 aromatic heterocycles. The van der Waals surface area contributed by atoms with E-state index in [0.29, 0.717) is 24.9 Å². The lowest BCUT2D eigenvalue weighted by Gasteiger charge is -2.38. The smallest absolute Gasteiger partial charge is 0.329 e. The number of aldehydes is 1. The average molecular weight is 474 g/mol. The summed E-state index contributed by atoms with van der Waals surface area (Å²) in [4.78, 5) is 39.1. The van der Waals surface area contributed by atoms with Crippen LogP contribution in [0.25, 0.3) is 11.0 Å². The summed E-state index contributed by atoms with van der Waals surface area (Å²) in [7, 11) is 3.28. The van der Waals surface area contributed by atoms with Crippen molar-refractivity contribution in [1.29, 1.82) is 0 Å². The van der Waals surface area contributed by atoms with Gasteiger partial charge in [-0.3, -0.25) is 13.9 Å². The fraction of sp³-hybridized carbons (Fsp3) is 0.640. The highest BCUT2D eigenvalue weighted by atomic mass is 19.1. The van der Waals surface area contributed by atoms with Crippen molar-refractivity contribution in [2.75, 3.05) is 39.8 Å². The van der Waals surface area contributed by atoms with Gasteiger partial charge in [-0.25, -0.2) is 9.18 Å². The van der Waals surface area contributed by atoms with E-state index in [4.69, 9.17) is 0 Å². The number of benzene rings is 1. The van der Waals surface area contributed by atoms with E-state index >= 15 is 4.39 Å². The number of aryl methyl sites for hydroxylation is 1.